The molecule has 3 atom stereocenters. The molecule has 0 spiro atoms. The first-order valence-electron chi connectivity index (χ1n) is 10.3. The van der Waals surface area contributed by atoms with Gasteiger partial charge in [0.1, 0.15) is 5.56 Å². The Balaban J connectivity index is 1.53. The first-order chi connectivity index (χ1) is 14.6. The van der Waals surface area contributed by atoms with Gasteiger partial charge in [0.15, 0.2) is 5.82 Å². The van der Waals surface area contributed by atoms with Crippen LogP contribution in [0.25, 0.3) is 0 Å². The number of hydrogen-bond donors (Lipinski definition) is 2. The van der Waals surface area contributed by atoms with E-state index in [0.717, 1.165) is 19.4 Å². The van der Waals surface area contributed by atoms with Crippen LogP contribution in [0.4, 0.5) is 15.9 Å². The second kappa shape index (κ2) is 8.79. The molecule has 8 nitrogen and oxygen atoms in total. The van der Waals surface area contributed by atoms with Gasteiger partial charge < -0.3 is 15.4 Å². The Morgan fingerprint density at radius 1 is 1.40 bits per heavy atom. The van der Waals surface area contributed by atoms with Gasteiger partial charge in [-0.3, -0.25) is 9.48 Å². The summed E-state index contributed by atoms with van der Waals surface area (Å²) in [7, 11) is 1.54. The number of aromatic nitrogens is 3. The zero-order valence-corrected chi connectivity index (χ0v) is 16.8. The van der Waals surface area contributed by atoms with Crippen molar-refractivity contribution in [3.05, 3.63) is 36.0 Å². The van der Waals surface area contributed by atoms with E-state index in [1.807, 2.05) is 0 Å². The molecule has 158 valence electrons. The highest BCUT2D eigenvalue weighted by atomic mass is 19.1. The highest BCUT2D eigenvalue weighted by molar-refractivity contribution is 5.99. The molecule has 2 aliphatic carbocycles. The summed E-state index contributed by atoms with van der Waals surface area (Å²) in [6.45, 7) is 0.784. The first kappa shape index (κ1) is 20.3. The van der Waals surface area contributed by atoms with Gasteiger partial charge in [0.05, 0.1) is 24.1 Å². The number of carbonyl (C=O) groups excluding carboxylic acids is 1. The molecule has 2 N–H and O–H groups in total. The van der Waals surface area contributed by atoms with Crippen molar-refractivity contribution in [2.45, 2.75) is 44.2 Å². The van der Waals surface area contributed by atoms with Crippen LogP contribution in [0.2, 0.25) is 0 Å². The van der Waals surface area contributed by atoms with Crippen molar-refractivity contribution < 1.29 is 13.9 Å². The van der Waals surface area contributed by atoms with Crippen molar-refractivity contribution in [3.8, 4) is 6.07 Å². The number of halogens is 1. The van der Waals surface area contributed by atoms with Crippen LogP contribution in [0.5, 0.6) is 0 Å². The van der Waals surface area contributed by atoms with Crippen molar-refractivity contribution in [2.24, 2.45) is 11.8 Å². The minimum Gasteiger partial charge on any atom is -0.378 e. The topological polar surface area (TPSA) is 105 Å². The number of hydrogen-bond acceptors (Lipinski definition) is 6. The molecular weight excluding hydrogens is 387 g/mol. The van der Waals surface area contributed by atoms with Crippen molar-refractivity contribution in [1.29, 1.82) is 5.26 Å². The van der Waals surface area contributed by atoms with Crippen LogP contribution in [0.3, 0.4) is 0 Å². The molecule has 30 heavy (non-hydrogen) atoms. The normalized spacial score (nSPS) is 23.6. The first-order valence-corrected chi connectivity index (χ1v) is 10.3. The Kier molecular flexibility index (Phi) is 5.95. The van der Waals surface area contributed by atoms with Gasteiger partial charge in [-0.25, -0.2) is 4.98 Å². The van der Waals surface area contributed by atoms with Crippen LogP contribution < -0.4 is 10.6 Å². The maximum Gasteiger partial charge on any atom is 0.256 e. The number of nitriles is 1. The molecule has 2 aromatic rings. The molecule has 0 aliphatic heterocycles. The Morgan fingerprint density at radius 2 is 2.23 bits per heavy atom. The van der Waals surface area contributed by atoms with E-state index in [4.69, 9.17) is 4.74 Å². The number of ether oxygens (including phenoxy) is 1. The number of rotatable bonds is 7. The Bertz CT molecular complexity index is 951. The maximum atomic E-state index is 13.4. The van der Waals surface area contributed by atoms with Crippen LogP contribution in [0.15, 0.2) is 24.5 Å². The summed E-state index contributed by atoms with van der Waals surface area (Å²) in [6, 6.07) is 5.07. The molecule has 2 saturated carbocycles. The van der Waals surface area contributed by atoms with Crippen LogP contribution in [0, 0.1) is 29.1 Å². The monoisotopic (exact) mass is 412 g/mol. The molecule has 4 rings (SSSR count). The standard InChI is InChI=1S/C21H25FN6O2/c1-24-21(29)17-11-28(27-20(17)26-15-6-7-25-19(22)9-15)18-5-4-16(8-14(18)10-23)30-12-13-2-3-13/h6-7,9,11,13-14,16,18H,2-5,8,12H2,1H3,(H,24,29)(H,25,26,27). The summed E-state index contributed by atoms with van der Waals surface area (Å²) in [5.74, 6) is -0.199. The average molecular weight is 412 g/mol. The molecule has 0 saturated heterocycles. The second-order valence-electron chi connectivity index (χ2n) is 7.96. The summed E-state index contributed by atoms with van der Waals surface area (Å²) >= 11 is 0. The van der Waals surface area contributed by atoms with Gasteiger partial charge in [-0.15, -0.1) is 0 Å². The maximum absolute atomic E-state index is 13.4. The Labute approximate surface area is 174 Å². The van der Waals surface area contributed by atoms with E-state index in [1.54, 1.807) is 16.9 Å². The minimum atomic E-state index is -0.630. The molecule has 0 bridgehead atoms. The summed E-state index contributed by atoms with van der Waals surface area (Å²) in [6.07, 6.45) is 7.81. The molecule has 2 aliphatic rings. The summed E-state index contributed by atoms with van der Waals surface area (Å²) in [5.41, 5.74) is 0.769. The average Bonchev–Trinajstić information content (AvgIpc) is 3.50. The number of carbonyl (C=O) groups is 1. The van der Waals surface area contributed by atoms with Gasteiger partial charge in [0.25, 0.3) is 5.91 Å². The zero-order valence-electron chi connectivity index (χ0n) is 16.8. The van der Waals surface area contributed by atoms with Gasteiger partial charge in [0.2, 0.25) is 5.95 Å². The van der Waals surface area contributed by atoms with E-state index in [9.17, 15) is 14.4 Å². The molecule has 1 amide bonds. The third-order valence-corrected chi connectivity index (χ3v) is 5.73. The zero-order chi connectivity index (χ0) is 21.1. The fraction of sp³-hybridized carbons (Fsp3) is 0.524. The molecule has 3 unspecified atom stereocenters. The Morgan fingerprint density at radius 3 is 2.93 bits per heavy atom. The molecule has 2 aromatic heterocycles. The van der Waals surface area contributed by atoms with Crippen LogP contribution in [-0.2, 0) is 4.74 Å². The lowest BCUT2D eigenvalue weighted by Crippen LogP contribution is -2.31. The fourth-order valence-electron chi connectivity index (χ4n) is 3.85. The quantitative estimate of drug-likeness (QED) is 0.677. The van der Waals surface area contributed by atoms with E-state index >= 15 is 0 Å². The van der Waals surface area contributed by atoms with E-state index in [1.165, 1.54) is 32.2 Å². The van der Waals surface area contributed by atoms with Crippen molar-refractivity contribution in [1.82, 2.24) is 20.1 Å². The highest BCUT2D eigenvalue weighted by Crippen LogP contribution is 2.37. The number of pyridine rings is 1. The number of amides is 1. The van der Waals surface area contributed by atoms with Gasteiger partial charge in [-0.2, -0.15) is 14.8 Å². The summed E-state index contributed by atoms with van der Waals surface area (Å²) in [5, 5.41) is 19.9. The predicted octanol–water partition coefficient (Wildman–Crippen LogP) is 3.18. The van der Waals surface area contributed by atoms with Gasteiger partial charge in [0, 0.05) is 37.8 Å². The lowest BCUT2D eigenvalue weighted by molar-refractivity contribution is 0.00154. The molecule has 2 fully saturated rings. The van der Waals surface area contributed by atoms with Crippen molar-refractivity contribution in [3.63, 3.8) is 0 Å². The van der Waals surface area contributed by atoms with Crippen molar-refractivity contribution >= 4 is 17.4 Å². The van der Waals surface area contributed by atoms with Gasteiger partial charge in [-0.1, -0.05) is 0 Å². The minimum absolute atomic E-state index is 0.0952. The third kappa shape index (κ3) is 4.60. The fourth-order valence-corrected chi connectivity index (χ4v) is 3.85. The second-order valence-corrected chi connectivity index (χ2v) is 7.96. The number of nitrogens with one attached hydrogen (secondary N) is 2. The molecular formula is C21H25FN6O2. The predicted molar refractivity (Wildman–Crippen MR) is 108 cm³/mol. The van der Waals surface area contributed by atoms with Gasteiger partial charge >= 0.3 is 0 Å². The van der Waals surface area contributed by atoms with Crippen LogP contribution in [-0.4, -0.2) is 40.4 Å². The lowest BCUT2D eigenvalue weighted by atomic mass is 9.83. The Hall–Kier alpha value is -2.99. The summed E-state index contributed by atoms with van der Waals surface area (Å²) in [4.78, 5) is 15.9. The van der Waals surface area contributed by atoms with Crippen LogP contribution in [0.1, 0.15) is 48.5 Å². The number of anilines is 2. The largest absolute Gasteiger partial charge is 0.378 e. The molecule has 9 heteroatoms. The van der Waals surface area contributed by atoms with E-state index in [0.29, 0.717) is 29.4 Å². The highest BCUT2D eigenvalue weighted by Gasteiger charge is 2.35. The lowest BCUT2D eigenvalue weighted by Gasteiger charge is -2.32. The third-order valence-electron chi connectivity index (χ3n) is 5.73. The SMILES string of the molecule is CNC(=O)c1cn(C2CCC(OCC3CC3)CC2C#N)nc1Nc1ccnc(F)c1. The van der Waals surface area contributed by atoms with E-state index in [-0.39, 0.29) is 24.0 Å². The summed E-state index contributed by atoms with van der Waals surface area (Å²) < 4.78 is 21.1. The number of nitrogens with zero attached hydrogens (tertiary/aromatic N) is 4. The van der Waals surface area contributed by atoms with Crippen molar-refractivity contribution in [2.75, 3.05) is 19.0 Å². The smallest absolute Gasteiger partial charge is 0.256 e. The molecule has 0 radical (unpaired) electrons. The van der Waals surface area contributed by atoms with E-state index in [2.05, 4.69) is 26.8 Å². The molecule has 2 heterocycles. The molecule has 0 aromatic carbocycles. The van der Waals surface area contributed by atoms with Crippen LogP contribution >= 0.6 is 0 Å². The van der Waals surface area contributed by atoms with Gasteiger partial charge in [-0.05, 0) is 44.1 Å². The van der Waals surface area contributed by atoms with E-state index < -0.39 is 5.95 Å².